The summed E-state index contributed by atoms with van der Waals surface area (Å²) in [6.07, 6.45) is 0. The monoisotopic (exact) mass is 309 g/mol. The van der Waals surface area contributed by atoms with E-state index < -0.39 is 0 Å². The molecule has 0 spiro atoms. The molecular weight excluding hydrogens is 290 g/mol. The average molecular weight is 310 g/mol. The van der Waals surface area contributed by atoms with Crippen molar-refractivity contribution in [1.82, 2.24) is 10.1 Å². The molecule has 21 heavy (non-hydrogen) atoms. The van der Waals surface area contributed by atoms with Crippen molar-refractivity contribution in [3.05, 3.63) is 36.4 Å². The molecule has 0 bridgehead atoms. The second-order valence-corrected chi connectivity index (χ2v) is 4.45. The molecule has 114 valence electrons. The van der Waals surface area contributed by atoms with Gasteiger partial charge in [-0.15, -0.1) is 12.4 Å². The Kier molecular flexibility index (Phi) is 6.91. The summed E-state index contributed by atoms with van der Waals surface area (Å²) in [4.78, 5) is 13.9. The maximum atomic E-state index is 11.8. The fourth-order valence-corrected chi connectivity index (χ4v) is 1.91. The molecule has 2 rings (SSSR count). The summed E-state index contributed by atoms with van der Waals surface area (Å²) in [5.41, 5.74) is 1.67. The van der Waals surface area contributed by atoms with Gasteiger partial charge in [0.15, 0.2) is 0 Å². The Morgan fingerprint density at radius 3 is 2.52 bits per heavy atom. The van der Waals surface area contributed by atoms with Crippen molar-refractivity contribution in [2.45, 2.75) is 13.8 Å². The van der Waals surface area contributed by atoms with E-state index in [0.717, 1.165) is 18.7 Å². The predicted molar refractivity (Wildman–Crippen MR) is 85.6 cm³/mol. The Labute approximate surface area is 130 Å². The fraction of sp³-hybridized carbons (Fsp3) is 0.333. The Morgan fingerprint density at radius 1 is 1.24 bits per heavy atom. The molecule has 0 saturated heterocycles. The van der Waals surface area contributed by atoms with Crippen LogP contribution >= 0.6 is 12.4 Å². The summed E-state index contributed by atoms with van der Waals surface area (Å²) in [6, 6.07) is 11.4. The highest BCUT2D eigenvalue weighted by molar-refractivity contribution is 5.91. The minimum absolute atomic E-state index is 0. The molecule has 1 amide bonds. The summed E-state index contributed by atoms with van der Waals surface area (Å²) in [7, 11) is 0. The van der Waals surface area contributed by atoms with Gasteiger partial charge in [0, 0.05) is 11.6 Å². The molecule has 5 nitrogen and oxygen atoms in total. The third kappa shape index (κ3) is 4.88. The Balaban J connectivity index is 0.00000220. The largest absolute Gasteiger partial charge is 0.338 e. The van der Waals surface area contributed by atoms with Crippen LogP contribution in [0.4, 0.5) is 5.88 Å². The number of aromatic nitrogens is 1. The Bertz CT molecular complexity index is 553. The molecule has 0 fully saturated rings. The molecule has 2 aromatic rings. The van der Waals surface area contributed by atoms with Crippen molar-refractivity contribution in [1.29, 1.82) is 0 Å². The molecule has 1 aromatic heterocycles. The zero-order chi connectivity index (χ0) is 14.4. The van der Waals surface area contributed by atoms with Crippen LogP contribution in [0.3, 0.4) is 0 Å². The summed E-state index contributed by atoms with van der Waals surface area (Å²) in [5, 5.41) is 6.68. The maximum absolute atomic E-state index is 11.8. The predicted octanol–water partition coefficient (Wildman–Crippen LogP) is 3.04. The van der Waals surface area contributed by atoms with Crippen molar-refractivity contribution in [3.8, 4) is 11.3 Å². The van der Waals surface area contributed by atoms with E-state index in [2.05, 4.69) is 10.5 Å². The quantitative estimate of drug-likeness (QED) is 0.891. The lowest BCUT2D eigenvalue weighted by Gasteiger charge is -2.16. The molecule has 1 aromatic carbocycles. The number of amides is 1. The van der Waals surface area contributed by atoms with Gasteiger partial charge in [-0.1, -0.05) is 49.3 Å². The molecule has 0 unspecified atom stereocenters. The Morgan fingerprint density at radius 2 is 1.90 bits per heavy atom. The molecule has 1 heterocycles. The van der Waals surface area contributed by atoms with E-state index in [1.54, 1.807) is 6.07 Å². The number of anilines is 1. The van der Waals surface area contributed by atoms with Gasteiger partial charge in [0.2, 0.25) is 11.8 Å². The molecule has 0 saturated carbocycles. The van der Waals surface area contributed by atoms with Crippen LogP contribution in [0, 0.1) is 0 Å². The van der Waals surface area contributed by atoms with Crippen molar-refractivity contribution in [3.63, 3.8) is 0 Å². The average Bonchev–Trinajstić information content (AvgIpc) is 2.94. The third-order valence-electron chi connectivity index (χ3n) is 3.10. The number of halogens is 1. The molecule has 0 aliphatic rings. The van der Waals surface area contributed by atoms with Crippen molar-refractivity contribution < 1.29 is 9.32 Å². The molecule has 0 atom stereocenters. The minimum atomic E-state index is -0.0931. The number of likely N-dealkylation sites (N-methyl/N-ethyl adjacent to an activating group) is 1. The van der Waals surface area contributed by atoms with Gasteiger partial charge in [0.05, 0.1) is 6.54 Å². The second-order valence-electron chi connectivity index (χ2n) is 4.45. The van der Waals surface area contributed by atoms with E-state index >= 15 is 0 Å². The highest BCUT2D eigenvalue weighted by atomic mass is 35.5. The van der Waals surface area contributed by atoms with E-state index in [0.29, 0.717) is 18.1 Å². The van der Waals surface area contributed by atoms with Crippen LogP contribution in [0.2, 0.25) is 0 Å². The van der Waals surface area contributed by atoms with E-state index in [1.165, 1.54) is 0 Å². The summed E-state index contributed by atoms with van der Waals surface area (Å²) < 4.78 is 5.14. The van der Waals surface area contributed by atoms with Gasteiger partial charge in [-0.3, -0.25) is 15.0 Å². The van der Waals surface area contributed by atoms with Crippen LogP contribution in [0.5, 0.6) is 0 Å². The topological polar surface area (TPSA) is 58.4 Å². The number of benzene rings is 1. The van der Waals surface area contributed by atoms with Crippen molar-refractivity contribution >= 4 is 24.2 Å². The van der Waals surface area contributed by atoms with Gasteiger partial charge in [-0.2, -0.15) is 0 Å². The number of nitrogens with one attached hydrogen (secondary N) is 1. The lowest BCUT2D eigenvalue weighted by atomic mass is 10.2. The number of hydrogen-bond acceptors (Lipinski definition) is 4. The first-order valence-electron chi connectivity index (χ1n) is 6.77. The van der Waals surface area contributed by atoms with Gasteiger partial charge in [-0.05, 0) is 13.1 Å². The molecule has 0 radical (unpaired) electrons. The smallest absolute Gasteiger partial charge is 0.240 e. The van der Waals surface area contributed by atoms with Crippen LogP contribution < -0.4 is 5.32 Å². The number of carbonyl (C=O) groups is 1. The van der Waals surface area contributed by atoms with Gasteiger partial charge < -0.3 is 4.52 Å². The van der Waals surface area contributed by atoms with E-state index in [1.807, 2.05) is 49.1 Å². The number of carbonyl (C=O) groups excluding carboxylic acids is 1. The molecule has 1 N–H and O–H groups in total. The summed E-state index contributed by atoms with van der Waals surface area (Å²) >= 11 is 0. The lowest BCUT2D eigenvalue weighted by molar-refractivity contribution is -0.117. The second kappa shape index (κ2) is 8.44. The van der Waals surface area contributed by atoms with Gasteiger partial charge in [-0.25, -0.2) is 0 Å². The van der Waals surface area contributed by atoms with Crippen LogP contribution in [0.1, 0.15) is 13.8 Å². The van der Waals surface area contributed by atoms with E-state index in [9.17, 15) is 4.79 Å². The van der Waals surface area contributed by atoms with E-state index in [-0.39, 0.29) is 18.3 Å². The SMILES string of the molecule is CCN(CC)CC(=O)Nc1cc(-c2ccccc2)no1.Cl. The van der Waals surface area contributed by atoms with Crippen LogP contribution in [0.15, 0.2) is 40.9 Å². The zero-order valence-electron chi connectivity index (χ0n) is 12.2. The maximum Gasteiger partial charge on any atom is 0.240 e. The van der Waals surface area contributed by atoms with Gasteiger partial charge in [0.25, 0.3) is 0 Å². The van der Waals surface area contributed by atoms with Crippen molar-refractivity contribution in [2.24, 2.45) is 0 Å². The standard InChI is InChI=1S/C15H19N3O2.ClH/c1-3-18(4-2)11-14(19)16-15-10-13(17-20-15)12-8-6-5-7-9-12;/h5-10H,3-4,11H2,1-2H3,(H,16,19);1H. The highest BCUT2D eigenvalue weighted by Crippen LogP contribution is 2.21. The number of rotatable bonds is 6. The summed E-state index contributed by atoms with van der Waals surface area (Å²) in [5.74, 6) is 0.283. The van der Waals surface area contributed by atoms with Gasteiger partial charge in [0.1, 0.15) is 5.69 Å². The first-order valence-corrected chi connectivity index (χ1v) is 6.77. The molecule has 0 aliphatic carbocycles. The van der Waals surface area contributed by atoms with Crippen LogP contribution in [0.25, 0.3) is 11.3 Å². The minimum Gasteiger partial charge on any atom is -0.338 e. The summed E-state index contributed by atoms with van der Waals surface area (Å²) in [6.45, 7) is 6.09. The molecular formula is C15H20ClN3O2. The lowest BCUT2D eigenvalue weighted by Crippen LogP contribution is -2.32. The molecule has 0 aliphatic heterocycles. The zero-order valence-corrected chi connectivity index (χ0v) is 13.0. The van der Waals surface area contributed by atoms with Crippen LogP contribution in [-0.2, 0) is 4.79 Å². The molecule has 6 heteroatoms. The normalized spacial score (nSPS) is 10.2. The third-order valence-corrected chi connectivity index (χ3v) is 3.10. The first-order chi connectivity index (χ1) is 9.72. The number of nitrogens with zero attached hydrogens (tertiary/aromatic N) is 2. The highest BCUT2D eigenvalue weighted by Gasteiger charge is 2.11. The first kappa shape index (κ1) is 17.2. The van der Waals surface area contributed by atoms with Crippen molar-refractivity contribution in [2.75, 3.05) is 25.0 Å². The Hall–Kier alpha value is -1.85. The number of hydrogen-bond donors (Lipinski definition) is 1. The van der Waals surface area contributed by atoms with E-state index in [4.69, 9.17) is 4.52 Å². The fourth-order valence-electron chi connectivity index (χ4n) is 1.91. The van der Waals surface area contributed by atoms with Crippen LogP contribution in [-0.4, -0.2) is 35.6 Å². The van der Waals surface area contributed by atoms with Gasteiger partial charge >= 0.3 is 0 Å².